The summed E-state index contributed by atoms with van der Waals surface area (Å²) in [6.07, 6.45) is 3.39. The molecular weight excluding hydrogens is 362 g/mol. The summed E-state index contributed by atoms with van der Waals surface area (Å²) in [5.74, 6) is -0.0716. The van der Waals surface area contributed by atoms with Crippen LogP contribution in [-0.4, -0.2) is 29.1 Å². The number of nitrogens with one attached hydrogen (secondary N) is 2. The maximum atomic E-state index is 12.1. The van der Waals surface area contributed by atoms with Crippen LogP contribution in [0.4, 0.5) is 5.69 Å². The van der Waals surface area contributed by atoms with Crippen LogP contribution in [0.25, 0.3) is 0 Å². The molecule has 3 aromatic rings. The van der Waals surface area contributed by atoms with Gasteiger partial charge in [0.1, 0.15) is 0 Å². The number of amides is 1. The zero-order valence-corrected chi connectivity index (χ0v) is 16.4. The largest absolute Gasteiger partial charge is 0.387 e. The van der Waals surface area contributed by atoms with E-state index in [4.69, 9.17) is 0 Å². The van der Waals surface area contributed by atoms with Crippen molar-refractivity contribution in [1.82, 2.24) is 10.3 Å². The molecule has 2 aromatic carbocycles. The van der Waals surface area contributed by atoms with Crippen LogP contribution in [0.1, 0.15) is 29.3 Å². The highest BCUT2D eigenvalue weighted by Crippen LogP contribution is 2.12. The Morgan fingerprint density at radius 3 is 2.45 bits per heavy atom. The fraction of sp³-hybridized carbons (Fsp3) is 0.250. The van der Waals surface area contributed by atoms with Crippen molar-refractivity contribution in [1.29, 1.82) is 0 Å². The lowest BCUT2D eigenvalue weighted by Gasteiger charge is -2.12. The molecule has 0 radical (unpaired) electrons. The molecule has 0 spiro atoms. The summed E-state index contributed by atoms with van der Waals surface area (Å²) in [4.78, 5) is 16.3. The van der Waals surface area contributed by atoms with Gasteiger partial charge < -0.3 is 15.7 Å². The topological polar surface area (TPSA) is 74.2 Å². The first kappa shape index (κ1) is 20.7. The molecule has 1 atom stereocenters. The molecule has 0 saturated heterocycles. The van der Waals surface area contributed by atoms with Gasteiger partial charge in [0.25, 0.3) is 0 Å². The van der Waals surface area contributed by atoms with E-state index in [1.165, 1.54) is 5.56 Å². The van der Waals surface area contributed by atoms with E-state index in [-0.39, 0.29) is 12.3 Å². The minimum atomic E-state index is -0.481. The highest BCUT2D eigenvalue weighted by molar-refractivity contribution is 5.91. The van der Waals surface area contributed by atoms with Crippen LogP contribution in [0.2, 0.25) is 0 Å². The van der Waals surface area contributed by atoms with Gasteiger partial charge in [0.2, 0.25) is 5.91 Å². The molecule has 0 bridgehead atoms. The average Bonchev–Trinajstić information content (AvgIpc) is 2.76. The number of benzene rings is 2. The second-order valence-corrected chi connectivity index (χ2v) is 6.98. The predicted molar refractivity (Wildman–Crippen MR) is 116 cm³/mol. The average molecular weight is 389 g/mol. The van der Waals surface area contributed by atoms with Crippen molar-refractivity contribution >= 4 is 11.6 Å². The number of hydrogen-bond donors (Lipinski definition) is 3. The number of aryl methyl sites for hydroxylation is 1. The fourth-order valence-corrected chi connectivity index (χ4v) is 3.08. The number of aliphatic hydroxyl groups is 1. The number of aliphatic hydroxyl groups excluding tert-OH is 1. The van der Waals surface area contributed by atoms with Crippen molar-refractivity contribution in [3.63, 3.8) is 0 Å². The van der Waals surface area contributed by atoms with E-state index in [2.05, 4.69) is 15.6 Å². The van der Waals surface area contributed by atoms with Crippen LogP contribution in [-0.2, 0) is 17.6 Å². The van der Waals surface area contributed by atoms with Crippen LogP contribution < -0.4 is 10.6 Å². The Balaban J connectivity index is 1.34. The van der Waals surface area contributed by atoms with Gasteiger partial charge in [-0.2, -0.15) is 0 Å². The van der Waals surface area contributed by atoms with E-state index in [0.717, 1.165) is 36.3 Å². The number of carbonyl (C=O) groups excluding carboxylic acids is 1. The summed E-state index contributed by atoms with van der Waals surface area (Å²) in [5.41, 5.74) is 3.70. The number of anilines is 1. The molecule has 0 aliphatic rings. The molecule has 3 N–H and O–H groups in total. The van der Waals surface area contributed by atoms with Crippen molar-refractivity contribution in [3.05, 3.63) is 95.8 Å². The van der Waals surface area contributed by atoms with Crippen LogP contribution >= 0.6 is 0 Å². The van der Waals surface area contributed by atoms with E-state index in [0.29, 0.717) is 6.54 Å². The number of carbonyl (C=O) groups is 1. The van der Waals surface area contributed by atoms with Crippen molar-refractivity contribution < 1.29 is 9.90 Å². The minimum Gasteiger partial charge on any atom is -0.387 e. The van der Waals surface area contributed by atoms with Gasteiger partial charge in [-0.3, -0.25) is 9.78 Å². The Labute approximate surface area is 171 Å². The molecule has 0 saturated carbocycles. The smallest absolute Gasteiger partial charge is 0.230 e. The van der Waals surface area contributed by atoms with Gasteiger partial charge >= 0.3 is 0 Å². The summed E-state index contributed by atoms with van der Waals surface area (Å²) in [6, 6.07) is 23.2. The van der Waals surface area contributed by atoms with Gasteiger partial charge in [-0.1, -0.05) is 48.5 Å². The molecular formula is C24H27N3O2. The standard InChI is InChI=1S/C24H27N3O2/c28-23(20-8-2-1-3-9-20)18-25-15-6-7-19-11-13-21(14-12-19)27-24(29)17-22-10-4-5-16-26-22/h1-5,8-14,16,23,25,28H,6-7,15,17-18H2,(H,27,29). The lowest BCUT2D eigenvalue weighted by atomic mass is 10.1. The maximum Gasteiger partial charge on any atom is 0.230 e. The lowest BCUT2D eigenvalue weighted by molar-refractivity contribution is -0.115. The summed E-state index contributed by atoms with van der Waals surface area (Å²) in [6.45, 7) is 1.39. The highest BCUT2D eigenvalue weighted by atomic mass is 16.3. The summed E-state index contributed by atoms with van der Waals surface area (Å²) in [7, 11) is 0. The first-order valence-electron chi connectivity index (χ1n) is 9.93. The highest BCUT2D eigenvalue weighted by Gasteiger charge is 2.06. The normalized spacial score (nSPS) is 11.8. The second kappa shape index (κ2) is 11.1. The molecule has 5 heteroatoms. The number of aromatic nitrogens is 1. The van der Waals surface area contributed by atoms with Crippen LogP contribution in [0.15, 0.2) is 79.0 Å². The third-order valence-electron chi connectivity index (χ3n) is 4.65. The quantitative estimate of drug-likeness (QED) is 0.464. The Hall–Kier alpha value is -3.02. The first-order chi connectivity index (χ1) is 14.2. The second-order valence-electron chi connectivity index (χ2n) is 6.98. The number of nitrogens with zero attached hydrogens (tertiary/aromatic N) is 1. The van der Waals surface area contributed by atoms with E-state index >= 15 is 0 Å². The molecule has 0 aliphatic heterocycles. The lowest BCUT2D eigenvalue weighted by Crippen LogP contribution is -2.22. The third kappa shape index (κ3) is 7.14. The first-order valence-corrected chi connectivity index (χ1v) is 9.93. The summed E-state index contributed by atoms with van der Waals surface area (Å²) >= 11 is 0. The fourth-order valence-electron chi connectivity index (χ4n) is 3.08. The molecule has 150 valence electrons. The van der Waals surface area contributed by atoms with Gasteiger partial charge in [0.05, 0.1) is 12.5 Å². The summed E-state index contributed by atoms with van der Waals surface area (Å²) in [5, 5.41) is 16.3. The Kier molecular flexibility index (Phi) is 7.92. The zero-order chi connectivity index (χ0) is 20.3. The van der Waals surface area contributed by atoms with E-state index in [1.807, 2.05) is 72.8 Å². The van der Waals surface area contributed by atoms with Gasteiger partial charge in [-0.05, 0) is 54.8 Å². The van der Waals surface area contributed by atoms with E-state index in [1.54, 1.807) is 6.20 Å². The van der Waals surface area contributed by atoms with E-state index in [9.17, 15) is 9.90 Å². The Morgan fingerprint density at radius 1 is 0.966 bits per heavy atom. The van der Waals surface area contributed by atoms with E-state index < -0.39 is 6.10 Å². The van der Waals surface area contributed by atoms with Crippen LogP contribution in [0.5, 0.6) is 0 Å². The Morgan fingerprint density at radius 2 is 1.72 bits per heavy atom. The third-order valence-corrected chi connectivity index (χ3v) is 4.65. The molecule has 0 fully saturated rings. The maximum absolute atomic E-state index is 12.1. The molecule has 1 heterocycles. The van der Waals surface area contributed by atoms with Gasteiger partial charge in [-0.25, -0.2) is 0 Å². The van der Waals surface area contributed by atoms with Crippen molar-refractivity contribution in [2.45, 2.75) is 25.4 Å². The molecule has 1 amide bonds. The van der Waals surface area contributed by atoms with Gasteiger partial charge in [-0.15, -0.1) is 0 Å². The molecule has 1 unspecified atom stereocenters. The number of pyridine rings is 1. The predicted octanol–water partition coefficient (Wildman–Crippen LogP) is 3.52. The van der Waals surface area contributed by atoms with Crippen molar-refractivity contribution in [2.24, 2.45) is 0 Å². The Bertz CT molecular complexity index is 868. The van der Waals surface area contributed by atoms with Gasteiger partial charge in [0, 0.05) is 24.1 Å². The van der Waals surface area contributed by atoms with Crippen LogP contribution in [0, 0.1) is 0 Å². The molecule has 3 rings (SSSR count). The molecule has 1 aromatic heterocycles. The number of hydrogen-bond acceptors (Lipinski definition) is 4. The molecule has 29 heavy (non-hydrogen) atoms. The molecule has 5 nitrogen and oxygen atoms in total. The monoisotopic (exact) mass is 389 g/mol. The SMILES string of the molecule is O=C(Cc1ccccn1)Nc1ccc(CCCNCC(O)c2ccccc2)cc1. The van der Waals surface area contributed by atoms with Gasteiger partial charge in [0.15, 0.2) is 0 Å². The minimum absolute atomic E-state index is 0.0716. The number of rotatable bonds is 10. The molecule has 0 aliphatic carbocycles. The zero-order valence-electron chi connectivity index (χ0n) is 16.4. The van der Waals surface area contributed by atoms with Crippen LogP contribution in [0.3, 0.4) is 0 Å². The van der Waals surface area contributed by atoms with Crippen molar-refractivity contribution in [2.75, 3.05) is 18.4 Å². The summed E-state index contributed by atoms with van der Waals surface area (Å²) < 4.78 is 0. The van der Waals surface area contributed by atoms with Crippen molar-refractivity contribution in [3.8, 4) is 0 Å².